The number of carbonyl (C=O) groups is 3. The van der Waals surface area contributed by atoms with Crippen LogP contribution in [0.5, 0.6) is 0 Å². The Morgan fingerprint density at radius 1 is 1.26 bits per heavy atom. The van der Waals surface area contributed by atoms with Crippen molar-refractivity contribution in [1.29, 1.82) is 0 Å². The van der Waals surface area contributed by atoms with Gasteiger partial charge in [-0.05, 0) is 46.3 Å². The zero-order valence-corrected chi connectivity index (χ0v) is 16.7. The normalized spacial score (nSPS) is 16.3. The molecule has 0 bridgehead atoms. The summed E-state index contributed by atoms with van der Waals surface area (Å²) in [6.45, 7) is 0.258. The van der Waals surface area contributed by atoms with E-state index in [4.69, 9.17) is 16.3 Å². The van der Waals surface area contributed by atoms with Gasteiger partial charge >= 0.3 is 5.97 Å². The molecule has 1 N–H and O–H groups in total. The van der Waals surface area contributed by atoms with Gasteiger partial charge in [-0.15, -0.1) is 0 Å². The Kier molecular flexibility index (Phi) is 5.82. The largest absolute Gasteiger partial charge is 0.465 e. The predicted molar refractivity (Wildman–Crippen MR) is 106 cm³/mol. The van der Waals surface area contributed by atoms with Gasteiger partial charge in [-0.3, -0.25) is 9.59 Å². The number of halogens is 2. The highest BCUT2D eigenvalue weighted by atomic mass is 79.9. The fourth-order valence-electron chi connectivity index (χ4n) is 2.93. The minimum absolute atomic E-state index is 0.0916. The Balaban J connectivity index is 1.78. The summed E-state index contributed by atoms with van der Waals surface area (Å²) in [6, 6.07) is 11.9. The zero-order valence-electron chi connectivity index (χ0n) is 14.4. The number of para-hydroxylation sites is 1. The van der Waals surface area contributed by atoms with Crippen molar-refractivity contribution in [2.75, 3.05) is 23.9 Å². The Morgan fingerprint density at radius 2 is 2.00 bits per heavy atom. The van der Waals surface area contributed by atoms with Crippen molar-refractivity contribution in [2.24, 2.45) is 5.92 Å². The van der Waals surface area contributed by atoms with E-state index in [9.17, 15) is 14.4 Å². The van der Waals surface area contributed by atoms with E-state index in [-0.39, 0.29) is 30.3 Å². The molecule has 2 aromatic carbocycles. The molecule has 0 saturated carbocycles. The summed E-state index contributed by atoms with van der Waals surface area (Å²) in [5, 5.41) is 3.06. The summed E-state index contributed by atoms with van der Waals surface area (Å²) < 4.78 is 5.51. The van der Waals surface area contributed by atoms with E-state index >= 15 is 0 Å². The molecule has 8 heteroatoms. The van der Waals surface area contributed by atoms with Gasteiger partial charge in [0.2, 0.25) is 11.8 Å². The number of ether oxygens (including phenoxy) is 1. The van der Waals surface area contributed by atoms with E-state index < -0.39 is 11.9 Å². The lowest BCUT2D eigenvalue weighted by atomic mass is 10.1. The highest BCUT2D eigenvalue weighted by Gasteiger charge is 2.36. The molecule has 1 fully saturated rings. The van der Waals surface area contributed by atoms with Crippen LogP contribution in [0.2, 0.25) is 5.02 Å². The standard InChI is InChI=1S/C19H16BrClN2O4/c1-27-19(26)13-9-12(21)6-7-15(13)22-18(25)11-8-17(24)23(10-11)16-5-3-2-4-14(16)20/h2-7,9,11H,8,10H2,1H3,(H,22,25). The van der Waals surface area contributed by atoms with Crippen molar-refractivity contribution < 1.29 is 19.1 Å². The molecule has 27 heavy (non-hydrogen) atoms. The van der Waals surface area contributed by atoms with Gasteiger partial charge in [-0.25, -0.2) is 4.79 Å². The maximum atomic E-state index is 12.7. The molecule has 1 atom stereocenters. The van der Waals surface area contributed by atoms with Crippen LogP contribution in [0.25, 0.3) is 0 Å². The minimum atomic E-state index is -0.606. The lowest BCUT2D eigenvalue weighted by Crippen LogP contribution is -2.28. The molecule has 6 nitrogen and oxygen atoms in total. The summed E-state index contributed by atoms with van der Waals surface area (Å²) >= 11 is 9.35. The van der Waals surface area contributed by atoms with Crippen molar-refractivity contribution in [3.8, 4) is 0 Å². The third kappa shape index (κ3) is 4.14. The van der Waals surface area contributed by atoms with Crippen molar-refractivity contribution >= 4 is 56.7 Å². The number of hydrogen-bond donors (Lipinski definition) is 1. The second-order valence-electron chi connectivity index (χ2n) is 6.03. The molecule has 0 spiro atoms. The molecule has 140 valence electrons. The van der Waals surface area contributed by atoms with Crippen LogP contribution in [0, 0.1) is 5.92 Å². The maximum absolute atomic E-state index is 12.7. The van der Waals surface area contributed by atoms with Crippen LogP contribution < -0.4 is 10.2 Å². The molecular formula is C19H16BrClN2O4. The van der Waals surface area contributed by atoms with Crippen molar-refractivity contribution in [3.63, 3.8) is 0 Å². The average molecular weight is 452 g/mol. The summed E-state index contributed by atoms with van der Waals surface area (Å²) in [5.41, 5.74) is 1.17. The third-order valence-electron chi connectivity index (χ3n) is 4.28. The fourth-order valence-corrected chi connectivity index (χ4v) is 3.60. The first-order valence-electron chi connectivity index (χ1n) is 8.14. The number of benzene rings is 2. The van der Waals surface area contributed by atoms with Crippen LogP contribution in [0.4, 0.5) is 11.4 Å². The number of esters is 1. The number of nitrogens with one attached hydrogen (secondary N) is 1. The van der Waals surface area contributed by atoms with Gasteiger partial charge in [0, 0.05) is 22.5 Å². The van der Waals surface area contributed by atoms with Gasteiger partial charge < -0.3 is 15.0 Å². The lowest BCUT2D eigenvalue weighted by Gasteiger charge is -2.18. The Hall–Kier alpha value is -2.38. The fraction of sp³-hybridized carbons (Fsp3) is 0.211. The molecular weight excluding hydrogens is 436 g/mol. The number of rotatable bonds is 4. The van der Waals surface area contributed by atoms with E-state index in [0.29, 0.717) is 10.7 Å². The number of methoxy groups -OCH3 is 1. The summed E-state index contributed by atoms with van der Waals surface area (Å²) in [6.07, 6.45) is 0.0916. The van der Waals surface area contributed by atoms with Gasteiger partial charge in [0.05, 0.1) is 30.0 Å². The number of nitrogens with zero attached hydrogens (tertiary/aromatic N) is 1. The van der Waals surface area contributed by atoms with Crippen LogP contribution in [-0.2, 0) is 14.3 Å². The second-order valence-corrected chi connectivity index (χ2v) is 7.32. The maximum Gasteiger partial charge on any atom is 0.340 e. The minimum Gasteiger partial charge on any atom is -0.465 e. The Morgan fingerprint density at radius 3 is 2.70 bits per heavy atom. The quantitative estimate of drug-likeness (QED) is 0.716. The first kappa shape index (κ1) is 19.4. The van der Waals surface area contributed by atoms with Gasteiger partial charge in [0.25, 0.3) is 0 Å². The number of anilines is 2. The van der Waals surface area contributed by atoms with Crippen LogP contribution >= 0.6 is 27.5 Å². The summed E-state index contributed by atoms with van der Waals surface area (Å²) in [5.74, 6) is -1.62. The smallest absolute Gasteiger partial charge is 0.340 e. The first-order chi connectivity index (χ1) is 12.9. The lowest BCUT2D eigenvalue weighted by molar-refractivity contribution is -0.122. The number of amides is 2. The molecule has 3 rings (SSSR count). The third-order valence-corrected chi connectivity index (χ3v) is 5.19. The molecule has 0 radical (unpaired) electrons. The molecule has 2 aromatic rings. The molecule has 1 heterocycles. The van der Waals surface area contributed by atoms with Gasteiger partial charge in [-0.1, -0.05) is 23.7 Å². The number of carbonyl (C=O) groups excluding carboxylic acids is 3. The summed E-state index contributed by atoms with van der Waals surface area (Å²) in [7, 11) is 1.25. The van der Waals surface area contributed by atoms with Gasteiger partial charge in [0.1, 0.15) is 0 Å². The van der Waals surface area contributed by atoms with Crippen LogP contribution in [-0.4, -0.2) is 31.4 Å². The summed E-state index contributed by atoms with van der Waals surface area (Å²) in [4.78, 5) is 38.6. The van der Waals surface area contributed by atoms with E-state index in [1.54, 1.807) is 11.0 Å². The van der Waals surface area contributed by atoms with Crippen LogP contribution in [0.15, 0.2) is 46.9 Å². The Bertz CT molecular complexity index is 918. The van der Waals surface area contributed by atoms with Gasteiger partial charge in [-0.2, -0.15) is 0 Å². The van der Waals surface area contributed by atoms with E-state index in [1.807, 2.05) is 24.3 Å². The Labute approximate surface area is 169 Å². The van der Waals surface area contributed by atoms with E-state index in [0.717, 1.165) is 10.2 Å². The van der Waals surface area contributed by atoms with Crippen LogP contribution in [0.3, 0.4) is 0 Å². The van der Waals surface area contributed by atoms with Crippen molar-refractivity contribution in [2.45, 2.75) is 6.42 Å². The van der Waals surface area contributed by atoms with Crippen LogP contribution in [0.1, 0.15) is 16.8 Å². The number of hydrogen-bond acceptors (Lipinski definition) is 4. The SMILES string of the molecule is COC(=O)c1cc(Cl)ccc1NC(=O)C1CC(=O)N(c2ccccc2Br)C1. The molecule has 1 aliphatic heterocycles. The molecule has 1 saturated heterocycles. The zero-order chi connectivity index (χ0) is 19.6. The monoisotopic (exact) mass is 450 g/mol. The van der Waals surface area contributed by atoms with E-state index in [1.165, 1.54) is 19.2 Å². The first-order valence-corrected chi connectivity index (χ1v) is 9.31. The van der Waals surface area contributed by atoms with Crippen molar-refractivity contribution in [3.05, 3.63) is 57.5 Å². The van der Waals surface area contributed by atoms with Gasteiger partial charge in [0.15, 0.2) is 0 Å². The topological polar surface area (TPSA) is 75.7 Å². The predicted octanol–water partition coefficient (Wildman–Crippen LogP) is 3.88. The highest BCUT2D eigenvalue weighted by molar-refractivity contribution is 9.10. The molecule has 0 aromatic heterocycles. The molecule has 1 aliphatic rings. The molecule has 2 amide bonds. The average Bonchev–Trinajstić information content (AvgIpc) is 3.04. The molecule has 0 aliphatic carbocycles. The second kappa shape index (κ2) is 8.10. The van der Waals surface area contributed by atoms with Crippen molar-refractivity contribution in [1.82, 2.24) is 0 Å². The highest BCUT2D eigenvalue weighted by Crippen LogP contribution is 2.32. The molecule has 1 unspecified atom stereocenters. The van der Waals surface area contributed by atoms with E-state index in [2.05, 4.69) is 21.2 Å².